The first-order valence-corrected chi connectivity index (χ1v) is 3.74. The molecule has 0 heterocycles. The lowest BCUT2D eigenvalue weighted by Gasteiger charge is -2.21. The summed E-state index contributed by atoms with van der Waals surface area (Å²) in [5.74, 6) is 0.769. The van der Waals surface area contributed by atoms with E-state index in [4.69, 9.17) is 5.73 Å². The predicted octanol–water partition coefficient (Wildman–Crippen LogP) is 2.16. The van der Waals surface area contributed by atoms with E-state index in [2.05, 4.69) is 27.7 Å². The highest BCUT2D eigenvalue weighted by molar-refractivity contribution is 4.73. The van der Waals surface area contributed by atoms with E-state index in [1.807, 2.05) is 0 Å². The van der Waals surface area contributed by atoms with Crippen LogP contribution in [0.3, 0.4) is 0 Å². The number of hydrogen-bond acceptors (Lipinski definition) is 1. The van der Waals surface area contributed by atoms with Crippen LogP contribution in [-0.4, -0.2) is 5.54 Å². The predicted molar refractivity (Wildman–Crippen MR) is 42.3 cm³/mol. The summed E-state index contributed by atoms with van der Waals surface area (Å²) in [5, 5.41) is 0. The molecule has 0 fully saturated rings. The molecule has 56 valence electrons. The van der Waals surface area contributed by atoms with Crippen molar-refractivity contribution in [2.24, 2.45) is 11.7 Å². The molecule has 0 saturated heterocycles. The van der Waals surface area contributed by atoms with E-state index in [0.717, 1.165) is 12.3 Å². The molecule has 0 saturated carbocycles. The zero-order valence-electron chi connectivity index (χ0n) is 7.07. The summed E-state index contributed by atoms with van der Waals surface area (Å²) in [6.07, 6.45) is 2.37. The SMILES string of the molecule is CC[C@H](C)CC(C)(C)N. The minimum absolute atomic E-state index is 0.0232. The fraction of sp³-hybridized carbons (Fsp3) is 1.00. The van der Waals surface area contributed by atoms with Gasteiger partial charge in [-0.25, -0.2) is 0 Å². The second kappa shape index (κ2) is 3.21. The molecule has 1 nitrogen and oxygen atoms in total. The van der Waals surface area contributed by atoms with Crippen LogP contribution < -0.4 is 5.73 Å². The molecule has 0 aliphatic carbocycles. The first-order valence-electron chi connectivity index (χ1n) is 3.74. The highest BCUT2D eigenvalue weighted by atomic mass is 14.7. The molecule has 0 amide bonds. The Morgan fingerprint density at radius 3 is 2.00 bits per heavy atom. The van der Waals surface area contributed by atoms with E-state index >= 15 is 0 Å². The van der Waals surface area contributed by atoms with Gasteiger partial charge in [-0.1, -0.05) is 20.3 Å². The van der Waals surface area contributed by atoms with Gasteiger partial charge in [0.2, 0.25) is 0 Å². The molecular weight excluding hydrogens is 110 g/mol. The lowest BCUT2D eigenvalue weighted by molar-refractivity contribution is 0.373. The van der Waals surface area contributed by atoms with E-state index in [-0.39, 0.29) is 5.54 Å². The van der Waals surface area contributed by atoms with Crippen molar-refractivity contribution in [3.8, 4) is 0 Å². The third kappa shape index (κ3) is 5.84. The van der Waals surface area contributed by atoms with Crippen molar-refractivity contribution in [2.75, 3.05) is 0 Å². The van der Waals surface area contributed by atoms with Crippen molar-refractivity contribution in [2.45, 2.75) is 46.1 Å². The fourth-order valence-corrected chi connectivity index (χ4v) is 1.04. The van der Waals surface area contributed by atoms with Gasteiger partial charge in [-0.2, -0.15) is 0 Å². The quantitative estimate of drug-likeness (QED) is 0.621. The van der Waals surface area contributed by atoms with Gasteiger partial charge in [-0.15, -0.1) is 0 Å². The van der Waals surface area contributed by atoms with E-state index in [0.29, 0.717) is 0 Å². The minimum atomic E-state index is 0.0232. The van der Waals surface area contributed by atoms with Crippen LogP contribution in [0.4, 0.5) is 0 Å². The molecule has 0 aromatic heterocycles. The summed E-state index contributed by atoms with van der Waals surface area (Å²) in [6.45, 7) is 8.61. The molecule has 1 heteroatoms. The zero-order chi connectivity index (χ0) is 7.49. The van der Waals surface area contributed by atoms with Crippen LogP contribution in [0.15, 0.2) is 0 Å². The van der Waals surface area contributed by atoms with Crippen LogP contribution in [0.1, 0.15) is 40.5 Å². The molecule has 0 unspecified atom stereocenters. The van der Waals surface area contributed by atoms with Crippen molar-refractivity contribution in [3.05, 3.63) is 0 Å². The lowest BCUT2D eigenvalue weighted by Crippen LogP contribution is -2.33. The number of hydrogen-bond donors (Lipinski definition) is 1. The van der Waals surface area contributed by atoms with Crippen LogP contribution in [0.25, 0.3) is 0 Å². The lowest BCUT2D eigenvalue weighted by atomic mass is 9.91. The average Bonchev–Trinajstić information content (AvgIpc) is 1.62. The van der Waals surface area contributed by atoms with Crippen LogP contribution >= 0.6 is 0 Å². The maximum Gasteiger partial charge on any atom is 0.00995 e. The van der Waals surface area contributed by atoms with Crippen LogP contribution in [0, 0.1) is 5.92 Å². The Hall–Kier alpha value is -0.0400. The van der Waals surface area contributed by atoms with Crippen LogP contribution in [0.2, 0.25) is 0 Å². The summed E-state index contributed by atoms with van der Waals surface area (Å²) in [7, 11) is 0. The number of nitrogens with two attached hydrogens (primary N) is 1. The van der Waals surface area contributed by atoms with Crippen molar-refractivity contribution in [1.29, 1.82) is 0 Å². The smallest absolute Gasteiger partial charge is 0.00995 e. The van der Waals surface area contributed by atoms with Gasteiger partial charge in [0.05, 0.1) is 0 Å². The molecule has 0 aliphatic rings. The molecule has 9 heavy (non-hydrogen) atoms. The molecular formula is C8H19N. The highest BCUT2D eigenvalue weighted by Gasteiger charge is 2.13. The number of rotatable bonds is 3. The van der Waals surface area contributed by atoms with E-state index in [1.54, 1.807) is 0 Å². The summed E-state index contributed by atoms with van der Waals surface area (Å²) in [4.78, 5) is 0. The molecule has 0 radical (unpaired) electrons. The van der Waals surface area contributed by atoms with Gasteiger partial charge in [0.1, 0.15) is 0 Å². The van der Waals surface area contributed by atoms with Crippen LogP contribution in [0.5, 0.6) is 0 Å². The summed E-state index contributed by atoms with van der Waals surface area (Å²) in [5.41, 5.74) is 5.84. The topological polar surface area (TPSA) is 26.0 Å². The maximum absolute atomic E-state index is 5.81. The molecule has 0 aromatic rings. The Bertz CT molecular complexity index is 71.1. The van der Waals surface area contributed by atoms with Crippen molar-refractivity contribution in [1.82, 2.24) is 0 Å². The summed E-state index contributed by atoms with van der Waals surface area (Å²) >= 11 is 0. The largest absolute Gasteiger partial charge is 0.326 e. The van der Waals surface area contributed by atoms with Gasteiger partial charge < -0.3 is 5.73 Å². The Labute approximate surface area is 58.6 Å². The van der Waals surface area contributed by atoms with Gasteiger partial charge in [0.15, 0.2) is 0 Å². The van der Waals surface area contributed by atoms with E-state index in [1.165, 1.54) is 6.42 Å². The van der Waals surface area contributed by atoms with Crippen molar-refractivity contribution < 1.29 is 0 Å². The standard InChI is InChI=1S/C8H19N/c1-5-7(2)6-8(3,4)9/h7H,5-6,9H2,1-4H3/t7-/m0/s1. The van der Waals surface area contributed by atoms with Gasteiger partial charge >= 0.3 is 0 Å². The molecule has 0 aliphatic heterocycles. The summed E-state index contributed by atoms with van der Waals surface area (Å²) < 4.78 is 0. The Morgan fingerprint density at radius 1 is 1.44 bits per heavy atom. The van der Waals surface area contributed by atoms with E-state index in [9.17, 15) is 0 Å². The molecule has 0 bridgehead atoms. The van der Waals surface area contributed by atoms with Crippen molar-refractivity contribution in [3.63, 3.8) is 0 Å². The monoisotopic (exact) mass is 129 g/mol. The zero-order valence-corrected chi connectivity index (χ0v) is 7.07. The van der Waals surface area contributed by atoms with Crippen LogP contribution in [-0.2, 0) is 0 Å². The first kappa shape index (κ1) is 8.96. The Morgan fingerprint density at radius 2 is 1.89 bits per heavy atom. The molecule has 2 N–H and O–H groups in total. The van der Waals surface area contributed by atoms with Gasteiger partial charge in [0.25, 0.3) is 0 Å². The second-order valence-electron chi connectivity index (χ2n) is 3.71. The second-order valence-corrected chi connectivity index (χ2v) is 3.71. The third-order valence-corrected chi connectivity index (χ3v) is 1.57. The summed E-state index contributed by atoms with van der Waals surface area (Å²) in [6, 6.07) is 0. The average molecular weight is 129 g/mol. The third-order valence-electron chi connectivity index (χ3n) is 1.57. The highest BCUT2D eigenvalue weighted by Crippen LogP contribution is 2.15. The van der Waals surface area contributed by atoms with E-state index < -0.39 is 0 Å². The molecule has 0 spiro atoms. The fourth-order valence-electron chi connectivity index (χ4n) is 1.04. The van der Waals surface area contributed by atoms with Gasteiger partial charge in [0, 0.05) is 5.54 Å². The normalized spacial score (nSPS) is 15.7. The first-order chi connectivity index (χ1) is 3.95. The molecule has 0 aromatic carbocycles. The van der Waals surface area contributed by atoms with Gasteiger partial charge in [-0.3, -0.25) is 0 Å². The van der Waals surface area contributed by atoms with Crippen molar-refractivity contribution >= 4 is 0 Å². The molecule has 1 atom stereocenters. The minimum Gasteiger partial charge on any atom is -0.326 e. The Balaban J connectivity index is 3.47. The maximum atomic E-state index is 5.81. The molecule has 0 rings (SSSR count). The van der Waals surface area contributed by atoms with Gasteiger partial charge in [-0.05, 0) is 26.2 Å². The Kier molecular flexibility index (Phi) is 3.20.